The van der Waals surface area contributed by atoms with Crippen molar-refractivity contribution in [1.29, 1.82) is 0 Å². The van der Waals surface area contributed by atoms with Crippen molar-refractivity contribution in [3.8, 4) is 0 Å². The highest BCUT2D eigenvalue weighted by Crippen LogP contribution is 2.72. The zero-order valence-electron chi connectivity index (χ0n) is 25.0. The van der Waals surface area contributed by atoms with Gasteiger partial charge in [0, 0.05) is 5.92 Å². The number of fused-ring (bicyclic) bond motifs is 4. The molecule has 38 heavy (non-hydrogen) atoms. The molecule has 2 saturated carbocycles. The van der Waals surface area contributed by atoms with E-state index in [4.69, 9.17) is 9.47 Å². The molecule has 2 fully saturated rings. The molecule has 0 radical (unpaired) electrons. The van der Waals surface area contributed by atoms with Crippen LogP contribution in [0.5, 0.6) is 0 Å². The summed E-state index contributed by atoms with van der Waals surface area (Å²) < 4.78 is 11.0. The lowest BCUT2D eigenvalue weighted by Crippen LogP contribution is -2.54. The number of carbonyl (C=O) groups is 2. The Kier molecular flexibility index (Phi) is 8.04. The van der Waals surface area contributed by atoms with E-state index in [1.807, 2.05) is 0 Å². The Bertz CT molecular complexity index is 964. The SMILES string of the molecule is C=C(CCC(OC=O)C1[C@H](O)C[C@@]2(C)C3=C(CC[C@]12C)[C@@]1(C)CCC(COC=O)C(C)(C)[C@@H]1CC3)C(C)C. The fourth-order valence-corrected chi connectivity index (χ4v) is 10.0. The third kappa shape index (κ3) is 4.39. The Morgan fingerprint density at radius 1 is 1.05 bits per heavy atom. The number of aliphatic hydroxyl groups is 1. The van der Waals surface area contributed by atoms with Gasteiger partial charge in [-0.2, -0.15) is 0 Å². The smallest absolute Gasteiger partial charge is 0.293 e. The number of rotatable bonds is 10. The Balaban J connectivity index is 1.67. The highest BCUT2D eigenvalue weighted by Gasteiger charge is 2.66. The average molecular weight is 529 g/mol. The van der Waals surface area contributed by atoms with Gasteiger partial charge in [-0.25, -0.2) is 0 Å². The van der Waals surface area contributed by atoms with Crippen molar-refractivity contribution in [1.82, 2.24) is 0 Å². The second-order valence-corrected chi connectivity index (χ2v) is 14.6. The van der Waals surface area contributed by atoms with Crippen LogP contribution in [0.3, 0.4) is 0 Å². The van der Waals surface area contributed by atoms with Crippen LogP contribution in [0.1, 0.15) is 106 Å². The summed E-state index contributed by atoms with van der Waals surface area (Å²) in [7, 11) is 0. The summed E-state index contributed by atoms with van der Waals surface area (Å²) >= 11 is 0. The van der Waals surface area contributed by atoms with Gasteiger partial charge in [0.2, 0.25) is 0 Å². The van der Waals surface area contributed by atoms with E-state index < -0.39 is 6.10 Å². The molecule has 0 heterocycles. The van der Waals surface area contributed by atoms with Crippen LogP contribution >= 0.6 is 0 Å². The van der Waals surface area contributed by atoms with Crippen LogP contribution in [0.2, 0.25) is 0 Å². The Morgan fingerprint density at radius 3 is 2.39 bits per heavy atom. The van der Waals surface area contributed by atoms with Crippen molar-refractivity contribution in [2.24, 2.45) is 45.3 Å². The topological polar surface area (TPSA) is 72.8 Å². The standard InChI is InChI=1S/C33H52O5/c1-21(2)22(3)9-11-27(38-20-35)29-26(36)17-33(8)25-10-12-28-30(4,5)23(18-37-19-34)13-15-31(28,6)24(25)14-16-32(29,33)7/h19-21,23,26-29,36H,3,9-18H2,1-2,4-8H3/t23?,26-,27?,28+,29?,31-,32-,33+/m1/s1. The molecule has 4 rings (SSSR count). The molecule has 0 spiro atoms. The largest absolute Gasteiger partial charge is 0.468 e. The molecule has 0 aromatic carbocycles. The lowest BCUT2D eigenvalue weighted by Gasteiger charge is -2.62. The predicted octanol–water partition coefficient (Wildman–Crippen LogP) is 7.03. The first-order chi connectivity index (χ1) is 17.8. The van der Waals surface area contributed by atoms with Crippen LogP contribution < -0.4 is 0 Å². The average Bonchev–Trinajstić information content (AvgIpc) is 3.05. The van der Waals surface area contributed by atoms with Gasteiger partial charge in [-0.1, -0.05) is 71.8 Å². The molecule has 0 aromatic heterocycles. The molecule has 0 aromatic rings. The zero-order chi connectivity index (χ0) is 28.1. The minimum atomic E-state index is -0.493. The maximum atomic E-state index is 11.6. The zero-order valence-corrected chi connectivity index (χ0v) is 25.0. The first-order valence-corrected chi connectivity index (χ1v) is 15.0. The molecule has 1 N–H and O–H groups in total. The number of hydrogen-bond donors (Lipinski definition) is 1. The third-order valence-corrected chi connectivity index (χ3v) is 12.6. The minimum Gasteiger partial charge on any atom is -0.468 e. The molecule has 5 nitrogen and oxygen atoms in total. The molecular formula is C33H52O5. The van der Waals surface area contributed by atoms with Crippen molar-refractivity contribution >= 4 is 12.9 Å². The van der Waals surface area contributed by atoms with E-state index in [9.17, 15) is 14.7 Å². The summed E-state index contributed by atoms with van der Waals surface area (Å²) in [6.07, 6.45) is 7.92. The van der Waals surface area contributed by atoms with Crippen LogP contribution in [-0.2, 0) is 19.1 Å². The fraction of sp³-hybridized carbons (Fsp3) is 0.818. The highest BCUT2D eigenvalue weighted by atomic mass is 16.5. The first kappa shape index (κ1) is 29.4. The van der Waals surface area contributed by atoms with Crippen LogP contribution in [0.25, 0.3) is 0 Å². The maximum Gasteiger partial charge on any atom is 0.293 e. The minimum absolute atomic E-state index is 0.0788. The highest BCUT2D eigenvalue weighted by molar-refractivity contribution is 5.41. The van der Waals surface area contributed by atoms with Crippen molar-refractivity contribution in [2.75, 3.05) is 6.61 Å². The Morgan fingerprint density at radius 2 is 1.76 bits per heavy atom. The lowest BCUT2D eigenvalue weighted by molar-refractivity contribution is -0.143. The van der Waals surface area contributed by atoms with E-state index in [-0.39, 0.29) is 33.7 Å². The van der Waals surface area contributed by atoms with Crippen LogP contribution in [0, 0.1) is 45.3 Å². The fourth-order valence-electron chi connectivity index (χ4n) is 10.0. The molecule has 4 aliphatic carbocycles. The molecular weight excluding hydrogens is 476 g/mol. The van der Waals surface area contributed by atoms with Crippen LogP contribution in [0.15, 0.2) is 23.3 Å². The number of aliphatic hydroxyl groups excluding tert-OH is 1. The van der Waals surface area contributed by atoms with Gasteiger partial charge in [-0.3, -0.25) is 9.59 Å². The molecule has 5 heteroatoms. The number of hydrogen-bond acceptors (Lipinski definition) is 5. The number of ether oxygens (including phenoxy) is 2. The normalized spacial score (nSPS) is 40.6. The lowest BCUT2D eigenvalue weighted by atomic mass is 9.42. The van der Waals surface area contributed by atoms with Gasteiger partial charge in [0.15, 0.2) is 0 Å². The van der Waals surface area contributed by atoms with E-state index in [1.54, 1.807) is 11.1 Å². The van der Waals surface area contributed by atoms with E-state index in [0.717, 1.165) is 51.4 Å². The third-order valence-electron chi connectivity index (χ3n) is 12.6. The summed E-state index contributed by atoms with van der Waals surface area (Å²) in [5.74, 6) is 1.25. The van der Waals surface area contributed by atoms with Gasteiger partial charge in [0.1, 0.15) is 6.10 Å². The van der Waals surface area contributed by atoms with Gasteiger partial charge >= 0.3 is 0 Å². The van der Waals surface area contributed by atoms with E-state index in [2.05, 4.69) is 55.0 Å². The number of carbonyl (C=O) groups excluding carboxylic acids is 2. The van der Waals surface area contributed by atoms with Crippen LogP contribution in [0.4, 0.5) is 0 Å². The van der Waals surface area contributed by atoms with Crippen molar-refractivity contribution in [3.05, 3.63) is 23.3 Å². The van der Waals surface area contributed by atoms with Gasteiger partial charge in [-0.05, 0) is 97.2 Å². The number of allylic oxidation sites excluding steroid dienone is 3. The Hall–Kier alpha value is -1.62. The monoisotopic (exact) mass is 528 g/mol. The second kappa shape index (κ2) is 10.4. The van der Waals surface area contributed by atoms with Gasteiger partial charge < -0.3 is 14.6 Å². The summed E-state index contributed by atoms with van der Waals surface area (Å²) in [6.45, 7) is 22.3. The summed E-state index contributed by atoms with van der Waals surface area (Å²) in [6, 6.07) is 0. The van der Waals surface area contributed by atoms with Gasteiger partial charge in [0.25, 0.3) is 12.9 Å². The first-order valence-electron chi connectivity index (χ1n) is 15.0. The molecule has 0 bridgehead atoms. The summed E-state index contributed by atoms with van der Waals surface area (Å²) in [5, 5.41) is 11.6. The Labute approximate surface area is 230 Å². The van der Waals surface area contributed by atoms with Gasteiger partial charge in [-0.15, -0.1) is 0 Å². The molecule has 8 atom stereocenters. The van der Waals surface area contributed by atoms with Crippen molar-refractivity contribution in [3.63, 3.8) is 0 Å². The predicted molar refractivity (Wildman–Crippen MR) is 150 cm³/mol. The van der Waals surface area contributed by atoms with Crippen molar-refractivity contribution < 1.29 is 24.2 Å². The quantitative estimate of drug-likeness (QED) is 0.243. The van der Waals surface area contributed by atoms with Crippen LogP contribution in [-0.4, -0.2) is 36.9 Å². The van der Waals surface area contributed by atoms with Crippen molar-refractivity contribution in [2.45, 2.75) is 118 Å². The van der Waals surface area contributed by atoms with E-state index >= 15 is 0 Å². The maximum absolute atomic E-state index is 11.6. The summed E-state index contributed by atoms with van der Waals surface area (Å²) in [5.41, 5.74) is 4.38. The molecule has 3 unspecified atom stereocenters. The molecule has 214 valence electrons. The van der Waals surface area contributed by atoms with Gasteiger partial charge in [0.05, 0.1) is 12.7 Å². The molecule has 4 aliphatic rings. The van der Waals surface area contributed by atoms with E-state index in [0.29, 0.717) is 43.7 Å². The second-order valence-electron chi connectivity index (χ2n) is 14.6. The molecule has 0 amide bonds. The molecule has 0 saturated heterocycles. The molecule has 0 aliphatic heterocycles. The summed E-state index contributed by atoms with van der Waals surface area (Å²) in [4.78, 5) is 22.5. The van der Waals surface area contributed by atoms with E-state index in [1.165, 1.54) is 5.57 Å².